The van der Waals surface area contributed by atoms with E-state index >= 15 is 0 Å². The molecule has 1 aromatic heterocycles. The Kier molecular flexibility index (Phi) is 3.05. The van der Waals surface area contributed by atoms with E-state index in [4.69, 9.17) is 5.73 Å². The molecule has 0 aliphatic heterocycles. The van der Waals surface area contributed by atoms with Crippen molar-refractivity contribution in [3.05, 3.63) is 40.5 Å². The van der Waals surface area contributed by atoms with Crippen molar-refractivity contribution in [3.63, 3.8) is 0 Å². The van der Waals surface area contributed by atoms with Gasteiger partial charge in [0, 0.05) is 16.4 Å². The van der Waals surface area contributed by atoms with Crippen molar-refractivity contribution in [1.29, 1.82) is 0 Å². The molecule has 0 spiro atoms. The highest BCUT2D eigenvalue weighted by atomic mass is 79.9. The van der Waals surface area contributed by atoms with Crippen LogP contribution in [0.3, 0.4) is 0 Å². The number of nitrogens with zero attached hydrogens (tertiary/aromatic N) is 2. The van der Waals surface area contributed by atoms with Crippen molar-refractivity contribution in [3.8, 4) is 0 Å². The summed E-state index contributed by atoms with van der Waals surface area (Å²) >= 11 is 3.44. The lowest BCUT2D eigenvalue weighted by atomic mass is 10.2. The lowest BCUT2D eigenvalue weighted by molar-refractivity contribution is 1.18. The average Bonchev–Trinajstić information content (AvgIpc) is 2.15. The normalized spacial score (nSPS) is 10.1. The number of aryl methyl sites for hydroxylation is 1. The monoisotopic (exact) mass is 278 g/mol. The maximum atomic E-state index is 5.50. The smallest absolute Gasteiger partial charge is 0.221 e. The van der Waals surface area contributed by atoms with Crippen molar-refractivity contribution >= 4 is 33.4 Å². The molecule has 2 aromatic rings. The summed E-state index contributed by atoms with van der Waals surface area (Å²) in [4.78, 5) is 7.90. The van der Waals surface area contributed by atoms with Crippen LogP contribution in [0.2, 0.25) is 0 Å². The van der Waals surface area contributed by atoms with Gasteiger partial charge in [-0.15, -0.1) is 0 Å². The molecule has 0 atom stereocenters. The van der Waals surface area contributed by atoms with E-state index in [-0.39, 0.29) is 5.95 Å². The molecule has 0 aliphatic carbocycles. The highest BCUT2D eigenvalue weighted by Crippen LogP contribution is 2.21. The summed E-state index contributed by atoms with van der Waals surface area (Å²) in [6, 6.07) is 7.82. The summed E-state index contributed by atoms with van der Waals surface area (Å²) in [6.07, 6.45) is 1.62. The number of hydrogen-bond acceptors (Lipinski definition) is 4. The second-order valence-corrected chi connectivity index (χ2v) is 4.36. The molecule has 0 saturated heterocycles. The number of hydrogen-bond donors (Lipinski definition) is 2. The minimum absolute atomic E-state index is 0.261. The van der Waals surface area contributed by atoms with Crippen molar-refractivity contribution < 1.29 is 0 Å². The van der Waals surface area contributed by atoms with Crippen molar-refractivity contribution in [2.45, 2.75) is 6.92 Å². The second kappa shape index (κ2) is 4.49. The Morgan fingerprint density at radius 3 is 2.81 bits per heavy atom. The van der Waals surface area contributed by atoms with Gasteiger partial charge in [0.25, 0.3) is 0 Å². The zero-order chi connectivity index (χ0) is 11.5. The Balaban J connectivity index is 2.27. The Labute approximate surface area is 102 Å². The number of nitrogens with one attached hydrogen (secondary N) is 1. The molecule has 0 radical (unpaired) electrons. The van der Waals surface area contributed by atoms with Gasteiger partial charge >= 0.3 is 0 Å². The molecule has 0 unspecified atom stereocenters. The van der Waals surface area contributed by atoms with E-state index in [9.17, 15) is 0 Å². The summed E-state index contributed by atoms with van der Waals surface area (Å²) in [7, 11) is 0. The lowest BCUT2D eigenvalue weighted by Crippen LogP contribution is -1.99. The molecule has 0 saturated carbocycles. The summed E-state index contributed by atoms with van der Waals surface area (Å²) in [5.74, 6) is 0.946. The van der Waals surface area contributed by atoms with Gasteiger partial charge in [-0.25, -0.2) is 4.98 Å². The molecule has 0 bridgehead atoms. The Morgan fingerprint density at radius 2 is 2.12 bits per heavy atom. The van der Waals surface area contributed by atoms with Gasteiger partial charge in [-0.2, -0.15) is 4.98 Å². The third-order valence-corrected chi connectivity index (χ3v) is 2.45. The van der Waals surface area contributed by atoms with Gasteiger partial charge in [0.15, 0.2) is 0 Å². The SMILES string of the molecule is Cc1cc(Br)cc(Nc2ccnc(N)n2)c1. The molecule has 3 N–H and O–H groups in total. The van der Waals surface area contributed by atoms with Crippen LogP contribution in [0.15, 0.2) is 34.9 Å². The van der Waals surface area contributed by atoms with Crippen LogP contribution in [0.1, 0.15) is 5.56 Å². The maximum Gasteiger partial charge on any atom is 0.221 e. The molecule has 0 amide bonds. The maximum absolute atomic E-state index is 5.50. The summed E-state index contributed by atoms with van der Waals surface area (Å²) in [6.45, 7) is 2.03. The van der Waals surface area contributed by atoms with Gasteiger partial charge in [0.2, 0.25) is 5.95 Å². The van der Waals surface area contributed by atoms with Crippen LogP contribution < -0.4 is 11.1 Å². The molecule has 1 aromatic carbocycles. The fraction of sp³-hybridized carbons (Fsp3) is 0.0909. The molecule has 1 heterocycles. The van der Waals surface area contributed by atoms with Crippen molar-refractivity contribution in [2.75, 3.05) is 11.1 Å². The van der Waals surface area contributed by atoms with Crippen LogP contribution >= 0.6 is 15.9 Å². The van der Waals surface area contributed by atoms with E-state index in [1.54, 1.807) is 12.3 Å². The summed E-state index contributed by atoms with van der Waals surface area (Å²) in [5.41, 5.74) is 7.63. The molecule has 16 heavy (non-hydrogen) atoms. The number of anilines is 3. The molecular weight excluding hydrogens is 268 g/mol. The fourth-order valence-electron chi connectivity index (χ4n) is 1.40. The number of benzene rings is 1. The Hall–Kier alpha value is -1.62. The first-order valence-electron chi connectivity index (χ1n) is 4.76. The molecule has 2 rings (SSSR count). The van der Waals surface area contributed by atoms with Crippen LogP contribution in [-0.2, 0) is 0 Å². The number of aromatic nitrogens is 2. The van der Waals surface area contributed by atoms with E-state index in [2.05, 4.69) is 31.2 Å². The van der Waals surface area contributed by atoms with Crippen molar-refractivity contribution in [1.82, 2.24) is 9.97 Å². The van der Waals surface area contributed by atoms with E-state index in [0.29, 0.717) is 5.82 Å². The Morgan fingerprint density at radius 1 is 1.31 bits per heavy atom. The highest BCUT2D eigenvalue weighted by molar-refractivity contribution is 9.10. The van der Waals surface area contributed by atoms with Crippen LogP contribution in [0.4, 0.5) is 17.5 Å². The minimum Gasteiger partial charge on any atom is -0.368 e. The van der Waals surface area contributed by atoms with Gasteiger partial charge in [0.1, 0.15) is 5.82 Å². The molecular formula is C11H11BrN4. The van der Waals surface area contributed by atoms with E-state index < -0.39 is 0 Å². The number of rotatable bonds is 2. The summed E-state index contributed by atoms with van der Waals surface area (Å²) in [5, 5.41) is 3.17. The summed E-state index contributed by atoms with van der Waals surface area (Å²) < 4.78 is 1.03. The third-order valence-electron chi connectivity index (χ3n) is 1.99. The topological polar surface area (TPSA) is 63.8 Å². The number of nitrogen functional groups attached to an aromatic ring is 1. The van der Waals surface area contributed by atoms with Crippen LogP contribution in [-0.4, -0.2) is 9.97 Å². The van der Waals surface area contributed by atoms with Crippen LogP contribution in [0.25, 0.3) is 0 Å². The zero-order valence-electron chi connectivity index (χ0n) is 8.74. The minimum atomic E-state index is 0.261. The molecule has 0 fully saturated rings. The first kappa shape index (κ1) is 10.9. The number of nitrogens with two attached hydrogens (primary N) is 1. The third kappa shape index (κ3) is 2.70. The van der Waals surface area contributed by atoms with Crippen LogP contribution in [0.5, 0.6) is 0 Å². The molecule has 0 aliphatic rings. The lowest BCUT2D eigenvalue weighted by Gasteiger charge is -2.07. The largest absolute Gasteiger partial charge is 0.368 e. The molecule has 4 nitrogen and oxygen atoms in total. The molecule has 82 valence electrons. The standard InChI is InChI=1S/C11H11BrN4/c1-7-4-8(12)6-9(5-7)15-10-2-3-14-11(13)16-10/h2-6H,1H3,(H3,13,14,15,16). The highest BCUT2D eigenvalue weighted by Gasteiger charge is 1.99. The van der Waals surface area contributed by atoms with E-state index in [0.717, 1.165) is 10.2 Å². The van der Waals surface area contributed by atoms with Gasteiger partial charge in [-0.1, -0.05) is 15.9 Å². The van der Waals surface area contributed by atoms with Crippen molar-refractivity contribution in [2.24, 2.45) is 0 Å². The van der Waals surface area contributed by atoms with Gasteiger partial charge in [-0.05, 0) is 36.8 Å². The average molecular weight is 279 g/mol. The first-order chi connectivity index (χ1) is 7.63. The van der Waals surface area contributed by atoms with Gasteiger partial charge in [-0.3, -0.25) is 0 Å². The Bertz CT molecular complexity index is 493. The van der Waals surface area contributed by atoms with Gasteiger partial charge in [0.05, 0.1) is 0 Å². The number of halogens is 1. The molecule has 5 heteroatoms. The van der Waals surface area contributed by atoms with E-state index in [1.807, 2.05) is 25.1 Å². The quantitative estimate of drug-likeness (QED) is 0.887. The second-order valence-electron chi connectivity index (χ2n) is 3.44. The van der Waals surface area contributed by atoms with Gasteiger partial charge < -0.3 is 11.1 Å². The van der Waals surface area contributed by atoms with Crippen LogP contribution in [0, 0.1) is 6.92 Å². The first-order valence-corrected chi connectivity index (χ1v) is 5.55. The predicted octanol–water partition coefficient (Wildman–Crippen LogP) is 2.87. The zero-order valence-corrected chi connectivity index (χ0v) is 10.3. The van der Waals surface area contributed by atoms with E-state index in [1.165, 1.54) is 5.56 Å². The fourth-order valence-corrected chi connectivity index (χ4v) is 2.01. The predicted molar refractivity (Wildman–Crippen MR) is 68.6 cm³/mol.